The molecule has 1 atom stereocenters. The Labute approximate surface area is 102 Å². The lowest BCUT2D eigenvalue weighted by Gasteiger charge is -2.10. The smallest absolute Gasteiger partial charge is 0.237 e. The molecular weight excluding hydrogens is 216 g/mol. The number of nitrogens with zero attached hydrogens (tertiary/aromatic N) is 2. The minimum absolute atomic E-state index is 0.00301. The average molecular weight is 236 g/mol. The standard InChI is InChI=1S/C12H20N4O/c1-3-10-9(8-16(2)15-10)7-14-12(17)11-5-4-6-13-11/h8,11,13H,3-7H2,1-2H3,(H,14,17)/t11-/m1/s1. The molecule has 0 aliphatic carbocycles. The summed E-state index contributed by atoms with van der Waals surface area (Å²) in [5.41, 5.74) is 2.17. The zero-order chi connectivity index (χ0) is 12.3. The van der Waals surface area contributed by atoms with Crippen molar-refractivity contribution in [1.82, 2.24) is 20.4 Å². The maximum atomic E-state index is 11.8. The molecule has 1 aliphatic rings. The van der Waals surface area contributed by atoms with Gasteiger partial charge in [-0.1, -0.05) is 6.92 Å². The van der Waals surface area contributed by atoms with Crippen LogP contribution >= 0.6 is 0 Å². The number of carbonyl (C=O) groups excluding carboxylic acids is 1. The minimum atomic E-state index is -0.00301. The second-order valence-corrected chi connectivity index (χ2v) is 4.49. The summed E-state index contributed by atoms with van der Waals surface area (Å²) in [6.07, 6.45) is 4.90. The van der Waals surface area contributed by atoms with Crippen molar-refractivity contribution < 1.29 is 4.79 Å². The van der Waals surface area contributed by atoms with Crippen LogP contribution in [0.1, 0.15) is 31.0 Å². The minimum Gasteiger partial charge on any atom is -0.351 e. The first-order valence-corrected chi connectivity index (χ1v) is 6.23. The van der Waals surface area contributed by atoms with Crippen LogP contribution < -0.4 is 10.6 Å². The fraction of sp³-hybridized carbons (Fsp3) is 0.667. The molecule has 0 radical (unpaired) electrons. The normalized spacial score (nSPS) is 19.5. The van der Waals surface area contributed by atoms with E-state index in [0.29, 0.717) is 6.54 Å². The van der Waals surface area contributed by atoms with Crippen molar-refractivity contribution in [2.45, 2.75) is 38.8 Å². The Kier molecular flexibility index (Phi) is 3.78. The molecule has 1 amide bonds. The Morgan fingerprint density at radius 3 is 3.18 bits per heavy atom. The average Bonchev–Trinajstić information content (AvgIpc) is 2.94. The van der Waals surface area contributed by atoms with Crippen LogP contribution in [0.2, 0.25) is 0 Å². The number of aromatic nitrogens is 2. The molecule has 1 saturated heterocycles. The summed E-state index contributed by atoms with van der Waals surface area (Å²) in [7, 11) is 1.91. The Bertz CT molecular complexity index is 393. The molecule has 2 N–H and O–H groups in total. The monoisotopic (exact) mass is 236 g/mol. The number of carbonyl (C=O) groups is 1. The number of nitrogens with one attached hydrogen (secondary N) is 2. The molecule has 5 heteroatoms. The van der Waals surface area contributed by atoms with Crippen LogP contribution in [0, 0.1) is 0 Å². The predicted molar refractivity (Wildman–Crippen MR) is 65.5 cm³/mol. The van der Waals surface area contributed by atoms with Gasteiger partial charge in [-0.2, -0.15) is 5.10 Å². The van der Waals surface area contributed by atoms with E-state index in [0.717, 1.165) is 37.1 Å². The largest absolute Gasteiger partial charge is 0.351 e. The van der Waals surface area contributed by atoms with Crippen LogP contribution in [0.15, 0.2) is 6.20 Å². The highest BCUT2D eigenvalue weighted by molar-refractivity contribution is 5.81. The number of hydrogen-bond acceptors (Lipinski definition) is 3. The van der Waals surface area contributed by atoms with E-state index >= 15 is 0 Å². The molecule has 1 aromatic heterocycles. The summed E-state index contributed by atoms with van der Waals surface area (Å²) in [5, 5.41) is 10.5. The summed E-state index contributed by atoms with van der Waals surface area (Å²) >= 11 is 0. The second-order valence-electron chi connectivity index (χ2n) is 4.49. The van der Waals surface area contributed by atoms with Crippen LogP contribution in [0.5, 0.6) is 0 Å². The molecule has 94 valence electrons. The molecule has 2 heterocycles. The Hall–Kier alpha value is -1.36. The Morgan fingerprint density at radius 1 is 1.71 bits per heavy atom. The number of aryl methyl sites for hydroxylation is 2. The first kappa shape index (κ1) is 12.1. The van der Waals surface area contributed by atoms with Gasteiger partial charge < -0.3 is 10.6 Å². The van der Waals surface area contributed by atoms with Crippen LogP contribution in [0.3, 0.4) is 0 Å². The molecule has 0 aromatic carbocycles. The molecule has 5 nitrogen and oxygen atoms in total. The van der Waals surface area contributed by atoms with Gasteiger partial charge in [0.1, 0.15) is 0 Å². The lowest BCUT2D eigenvalue weighted by molar-refractivity contribution is -0.122. The maximum absolute atomic E-state index is 11.8. The van der Waals surface area contributed by atoms with Crippen molar-refractivity contribution in [3.05, 3.63) is 17.5 Å². The van der Waals surface area contributed by atoms with E-state index in [2.05, 4.69) is 22.7 Å². The van der Waals surface area contributed by atoms with E-state index in [1.807, 2.05) is 13.2 Å². The van der Waals surface area contributed by atoms with Gasteiger partial charge in [-0.05, 0) is 25.8 Å². The molecule has 1 aromatic rings. The van der Waals surface area contributed by atoms with Crippen LogP contribution in [-0.4, -0.2) is 28.3 Å². The number of amides is 1. The first-order chi connectivity index (χ1) is 8.20. The van der Waals surface area contributed by atoms with Crippen LogP contribution in [-0.2, 0) is 24.8 Å². The predicted octanol–water partition coefficient (Wildman–Crippen LogP) is 0.351. The van der Waals surface area contributed by atoms with Gasteiger partial charge in [0, 0.05) is 25.4 Å². The fourth-order valence-corrected chi connectivity index (χ4v) is 2.24. The number of rotatable bonds is 4. The Balaban J connectivity index is 1.90. The molecule has 0 saturated carbocycles. The second kappa shape index (κ2) is 5.31. The topological polar surface area (TPSA) is 59.0 Å². The van der Waals surface area contributed by atoms with Gasteiger partial charge in [0.2, 0.25) is 5.91 Å². The summed E-state index contributed by atoms with van der Waals surface area (Å²) < 4.78 is 1.80. The van der Waals surface area contributed by atoms with E-state index in [4.69, 9.17) is 0 Å². The van der Waals surface area contributed by atoms with E-state index in [1.165, 1.54) is 0 Å². The molecular formula is C12H20N4O. The van der Waals surface area contributed by atoms with Gasteiger partial charge >= 0.3 is 0 Å². The zero-order valence-electron chi connectivity index (χ0n) is 10.5. The molecule has 0 unspecified atom stereocenters. The highest BCUT2D eigenvalue weighted by atomic mass is 16.2. The SMILES string of the molecule is CCc1nn(C)cc1CNC(=O)[C@H]1CCCN1. The third-order valence-corrected chi connectivity index (χ3v) is 3.16. The highest BCUT2D eigenvalue weighted by Gasteiger charge is 2.21. The fourth-order valence-electron chi connectivity index (χ4n) is 2.24. The van der Waals surface area contributed by atoms with Gasteiger partial charge in [0.15, 0.2) is 0 Å². The zero-order valence-corrected chi connectivity index (χ0v) is 10.5. The van der Waals surface area contributed by atoms with Crippen LogP contribution in [0.4, 0.5) is 0 Å². The van der Waals surface area contributed by atoms with Crippen LogP contribution in [0.25, 0.3) is 0 Å². The van der Waals surface area contributed by atoms with Gasteiger partial charge in [-0.15, -0.1) is 0 Å². The van der Waals surface area contributed by atoms with Gasteiger partial charge in [-0.3, -0.25) is 9.48 Å². The molecule has 0 bridgehead atoms. The molecule has 1 fully saturated rings. The summed E-state index contributed by atoms with van der Waals surface area (Å²) in [5.74, 6) is 0.105. The van der Waals surface area contributed by atoms with Gasteiger partial charge in [-0.25, -0.2) is 0 Å². The molecule has 2 rings (SSSR count). The third-order valence-electron chi connectivity index (χ3n) is 3.16. The molecule has 0 spiro atoms. The van der Waals surface area contributed by atoms with Crippen molar-refractivity contribution >= 4 is 5.91 Å². The maximum Gasteiger partial charge on any atom is 0.237 e. The summed E-state index contributed by atoms with van der Waals surface area (Å²) in [6.45, 7) is 3.60. The molecule has 17 heavy (non-hydrogen) atoms. The van der Waals surface area contributed by atoms with E-state index in [1.54, 1.807) is 4.68 Å². The van der Waals surface area contributed by atoms with Crippen molar-refractivity contribution in [2.75, 3.05) is 6.54 Å². The quantitative estimate of drug-likeness (QED) is 0.793. The van der Waals surface area contributed by atoms with E-state index < -0.39 is 0 Å². The first-order valence-electron chi connectivity index (χ1n) is 6.23. The third kappa shape index (κ3) is 2.85. The van der Waals surface area contributed by atoms with Crippen molar-refractivity contribution in [1.29, 1.82) is 0 Å². The lowest BCUT2D eigenvalue weighted by Crippen LogP contribution is -2.40. The van der Waals surface area contributed by atoms with Crippen molar-refractivity contribution in [3.63, 3.8) is 0 Å². The van der Waals surface area contributed by atoms with E-state index in [9.17, 15) is 4.79 Å². The van der Waals surface area contributed by atoms with Crippen molar-refractivity contribution in [3.8, 4) is 0 Å². The number of hydrogen-bond donors (Lipinski definition) is 2. The molecule has 1 aliphatic heterocycles. The Morgan fingerprint density at radius 2 is 2.53 bits per heavy atom. The lowest BCUT2D eigenvalue weighted by atomic mass is 10.2. The summed E-state index contributed by atoms with van der Waals surface area (Å²) in [6, 6.07) is -0.00301. The highest BCUT2D eigenvalue weighted by Crippen LogP contribution is 2.08. The van der Waals surface area contributed by atoms with Gasteiger partial charge in [0.05, 0.1) is 11.7 Å². The summed E-state index contributed by atoms with van der Waals surface area (Å²) in [4.78, 5) is 11.8. The van der Waals surface area contributed by atoms with Gasteiger partial charge in [0.25, 0.3) is 0 Å². The van der Waals surface area contributed by atoms with Crippen molar-refractivity contribution in [2.24, 2.45) is 7.05 Å². The van der Waals surface area contributed by atoms with E-state index in [-0.39, 0.29) is 11.9 Å².